The summed E-state index contributed by atoms with van der Waals surface area (Å²) in [4.78, 5) is 5.47. The fourth-order valence-corrected chi connectivity index (χ4v) is 3.92. The number of allylic oxidation sites excluding steroid dienone is 2. The van der Waals surface area contributed by atoms with E-state index in [9.17, 15) is 5.11 Å². The van der Waals surface area contributed by atoms with Gasteiger partial charge in [0, 0.05) is 5.92 Å². The molecule has 2 aliphatic carbocycles. The van der Waals surface area contributed by atoms with Crippen LogP contribution in [-0.4, -0.2) is 16.8 Å². The number of fused-ring (bicyclic) bond motifs is 1. The van der Waals surface area contributed by atoms with Crippen molar-refractivity contribution in [3.8, 4) is 0 Å². The number of aliphatic hydroxyl groups is 1. The van der Waals surface area contributed by atoms with Gasteiger partial charge in [-0.15, -0.1) is 11.6 Å². The highest BCUT2D eigenvalue weighted by Crippen LogP contribution is 2.46. The van der Waals surface area contributed by atoms with Crippen molar-refractivity contribution < 1.29 is 9.94 Å². The molecule has 0 saturated heterocycles. The zero-order chi connectivity index (χ0) is 18.1. The van der Waals surface area contributed by atoms with Gasteiger partial charge < -0.3 is 15.7 Å². The normalized spacial score (nSPS) is 25.5. The zero-order valence-corrected chi connectivity index (χ0v) is 15.4. The fourth-order valence-electron chi connectivity index (χ4n) is 3.68. The summed E-state index contributed by atoms with van der Waals surface area (Å²) in [5.74, 6) is 1.50. The number of alkyl halides is 1. The van der Waals surface area contributed by atoms with Crippen molar-refractivity contribution in [2.45, 2.75) is 37.7 Å². The van der Waals surface area contributed by atoms with Gasteiger partial charge in [0.2, 0.25) is 0 Å². The van der Waals surface area contributed by atoms with Crippen molar-refractivity contribution >= 4 is 28.2 Å². The third kappa shape index (κ3) is 3.19. The van der Waals surface area contributed by atoms with Crippen molar-refractivity contribution in [2.24, 2.45) is 16.8 Å². The van der Waals surface area contributed by atoms with Crippen LogP contribution in [0, 0.1) is 5.92 Å². The van der Waals surface area contributed by atoms with E-state index in [0.29, 0.717) is 24.6 Å². The van der Waals surface area contributed by atoms with Crippen LogP contribution in [0.5, 0.6) is 0 Å². The number of amidine groups is 1. The highest BCUT2D eigenvalue weighted by atomic mass is 35.5. The van der Waals surface area contributed by atoms with Gasteiger partial charge in [-0.05, 0) is 60.1 Å². The van der Waals surface area contributed by atoms with Gasteiger partial charge in [-0.25, -0.2) is 0 Å². The first-order chi connectivity index (χ1) is 12.6. The Morgan fingerprint density at radius 2 is 1.92 bits per heavy atom. The van der Waals surface area contributed by atoms with Crippen molar-refractivity contribution in [2.75, 3.05) is 5.88 Å². The van der Waals surface area contributed by atoms with E-state index in [1.54, 1.807) is 0 Å². The number of benzene rings is 2. The first-order valence-electron chi connectivity index (χ1n) is 9.08. The topological polar surface area (TPSA) is 67.8 Å². The van der Waals surface area contributed by atoms with Gasteiger partial charge >= 0.3 is 0 Å². The molecule has 2 saturated carbocycles. The van der Waals surface area contributed by atoms with E-state index in [-0.39, 0.29) is 5.92 Å². The van der Waals surface area contributed by atoms with Crippen LogP contribution in [0.3, 0.4) is 0 Å². The van der Waals surface area contributed by atoms with E-state index < -0.39 is 5.60 Å². The van der Waals surface area contributed by atoms with Crippen LogP contribution in [0.1, 0.15) is 37.7 Å². The molecule has 0 unspecified atom stereocenters. The van der Waals surface area contributed by atoms with E-state index in [4.69, 9.17) is 22.2 Å². The number of halogens is 1. The second-order valence-electron chi connectivity index (χ2n) is 7.32. The molecule has 0 aliphatic heterocycles. The summed E-state index contributed by atoms with van der Waals surface area (Å²) in [7, 11) is 0. The van der Waals surface area contributed by atoms with E-state index in [2.05, 4.69) is 23.4 Å². The van der Waals surface area contributed by atoms with Crippen LogP contribution in [0.4, 0.5) is 0 Å². The molecule has 0 amide bonds. The molecule has 2 aromatic carbocycles. The van der Waals surface area contributed by atoms with E-state index in [1.165, 1.54) is 17.4 Å². The molecular weight excluding hydrogens is 348 g/mol. The highest BCUT2D eigenvalue weighted by molar-refractivity contribution is 6.19. The lowest BCUT2D eigenvalue weighted by atomic mass is 9.67. The Kier molecular flexibility index (Phi) is 4.63. The molecule has 2 aromatic rings. The molecule has 4 nitrogen and oxygen atoms in total. The molecule has 4 rings (SSSR count). The van der Waals surface area contributed by atoms with Gasteiger partial charge in [0.1, 0.15) is 11.6 Å². The van der Waals surface area contributed by atoms with E-state index in [0.717, 1.165) is 29.6 Å². The Labute approximate surface area is 158 Å². The quantitative estimate of drug-likeness (QED) is 0.269. The molecule has 2 aliphatic rings. The number of rotatable bonds is 5. The summed E-state index contributed by atoms with van der Waals surface area (Å²) in [6, 6.07) is 14.3. The lowest BCUT2D eigenvalue weighted by molar-refractivity contribution is -0.0602. The number of hydrogen-bond donors (Lipinski definition) is 2. The standard InChI is InChI=1S/C21H23ClN2O2/c22-13-19(15-6-3-7-15)26-24-20(23)17-11-21(25,12-17)18-9-8-14-4-1-2-5-16(14)10-18/h1-2,4-5,8-10,17,25H,3,6-7,11-13H2,(H2,23,24). The van der Waals surface area contributed by atoms with Crippen LogP contribution in [0.2, 0.25) is 0 Å². The SMILES string of the molecule is N/C(=N/OC(CCl)=C1CCC1)C1CC(O)(c2ccc3ccccc3c2)C1. The lowest BCUT2D eigenvalue weighted by Gasteiger charge is -2.43. The van der Waals surface area contributed by atoms with Crippen LogP contribution < -0.4 is 5.73 Å². The largest absolute Gasteiger partial charge is 0.385 e. The second-order valence-corrected chi connectivity index (χ2v) is 7.59. The first kappa shape index (κ1) is 17.4. The maximum Gasteiger partial charge on any atom is 0.149 e. The van der Waals surface area contributed by atoms with Gasteiger partial charge in [-0.3, -0.25) is 0 Å². The monoisotopic (exact) mass is 370 g/mol. The Morgan fingerprint density at radius 1 is 1.19 bits per heavy atom. The molecule has 0 spiro atoms. The molecule has 0 heterocycles. The van der Waals surface area contributed by atoms with Crippen molar-refractivity contribution in [3.05, 3.63) is 59.4 Å². The summed E-state index contributed by atoms with van der Waals surface area (Å²) in [5, 5.41) is 17.3. The highest BCUT2D eigenvalue weighted by Gasteiger charge is 2.46. The van der Waals surface area contributed by atoms with Crippen molar-refractivity contribution in [3.63, 3.8) is 0 Å². The molecule has 2 fully saturated rings. The second kappa shape index (κ2) is 6.93. The average molecular weight is 371 g/mol. The molecule has 0 atom stereocenters. The Bertz CT molecular complexity index is 878. The molecule has 0 radical (unpaired) electrons. The lowest BCUT2D eigenvalue weighted by Crippen LogP contribution is -2.46. The third-order valence-electron chi connectivity index (χ3n) is 5.61. The first-order valence-corrected chi connectivity index (χ1v) is 9.61. The predicted octanol–water partition coefficient (Wildman–Crippen LogP) is 4.40. The number of nitrogens with zero attached hydrogens (tertiary/aromatic N) is 1. The summed E-state index contributed by atoms with van der Waals surface area (Å²) >= 11 is 5.93. The summed E-state index contributed by atoms with van der Waals surface area (Å²) in [5.41, 5.74) is 7.39. The number of oxime groups is 1. The van der Waals surface area contributed by atoms with E-state index >= 15 is 0 Å². The molecule has 26 heavy (non-hydrogen) atoms. The zero-order valence-electron chi connectivity index (χ0n) is 14.6. The van der Waals surface area contributed by atoms with Gasteiger partial charge in [0.25, 0.3) is 0 Å². The van der Waals surface area contributed by atoms with Gasteiger partial charge in [0.05, 0.1) is 11.5 Å². The van der Waals surface area contributed by atoms with Crippen LogP contribution in [-0.2, 0) is 10.4 Å². The van der Waals surface area contributed by atoms with E-state index in [1.807, 2.05) is 24.3 Å². The van der Waals surface area contributed by atoms with Crippen LogP contribution in [0.25, 0.3) is 10.8 Å². The van der Waals surface area contributed by atoms with Crippen LogP contribution in [0.15, 0.2) is 59.0 Å². The summed E-state index contributed by atoms with van der Waals surface area (Å²) in [6.07, 6.45) is 4.35. The summed E-state index contributed by atoms with van der Waals surface area (Å²) < 4.78 is 0. The van der Waals surface area contributed by atoms with Gasteiger partial charge in [0.15, 0.2) is 0 Å². The summed E-state index contributed by atoms with van der Waals surface area (Å²) in [6.45, 7) is 0. The van der Waals surface area contributed by atoms with Gasteiger partial charge in [-0.2, -0.15) is 0 Å². The average Bonchev–Trinajstić information content (AvgIpc) is 2.60. The molecule has 136 valence electrons. The maximum atomic E-state index is 10.9. The maximum absolute atomic E-state index is 10.9. The van der Waals surface area contributed by atoms with Crippen molar-refractivity contribution in [1.29, 1.82) is 0 Å². The fraction of sp³-hybridized carbons (Fsp3) is 0.381. The number of nitrogens with two attached hydrogens (primary N) is 1. The minimum Gasteiger partial charge on any atom is -0.385 e. The number of hydrogen-bond acceptors (Lipinski definition) is 3. The molecule has 0 aromatic heterocycles. The van der Waals surface area contributed by atoms with Crippen LogP contribution >= 0.6 is 11.6 Å². The molecule has 3 N–H and O–H groups in total. The molecule has 5 heteroatoms. The Morgan fingerprint density at radius 3 is 2.58 bits per heavy atom. The predicted molar refractivity (Wildman–Crippen MR) is 105 cm³/mol. The van der Waals surface area contributed by atoms with Gasteiger partial charge in [-0.1, -0.05) is 41.6 Å². The Balaban J connectivity index is 1.43. The Hall–Kier alpha value is -2.04. The molecule has 0 bridgehead atoms. The molecular formula is C21H23ClN2O2. The minimum atomic E-state index is -0.851. The third-order valence-corrected chi connectivity index (χ3v) is 5.85. The van der Waals surface area contributed by atoms with Crippen molar-refractivity contribution in [1.82, 2.24) is 0 Å². The smallest absolute Gasteiger partial charge is 0.149 e. The minimum absolute atomic E-state index is 0.0226.